The number of aryl methyl sites for hydroxylation is 1. The van der Waals surface area contributed by atoms with Gasteiger partial charge in [0.2, 0.25) is 0 Å². The molecule has 0 atom stereocenters. The van der Waals surface area contributed by atoms with Gasteiger partial charge in [0, 0.05) is 19.6 Å². The molecule has 0 bridgehead atoms. The number of hydrogen-bond donors (Lipinski definition) is 1. The number of carbonyl (C=O) groups is 1. The summed E-state index contributed by atoms with van der Waals surface area (Å²) in [5, 5.41) is 11.2. The van der Waals surface area contributed by atoms with E-state index in [1.807, 2.05) is 55.5 Å². The maximum absolute atomic E-state index is 12.3. The van der Waals surface area contributed by atoms with Gasteiger partial charge < -0.3 is 10.2 Å². The smallest absolute Gasteiger partial charge is 0.272 e. The van der Waals surface area contributed by atoms with Gasteiger partial charge in [-0.25, -0.2) is 0 Å². The Hall–Kier alpha value is -3.21. The third-order valence-electron chi connectivity index (χ3n) is 4.38. The molecule has 27 heavy (non-hydrogen) atoms. The molecule has 1 amide bonds. The Balaban J connectivity index is 1.61. The Morgan fingerprint density at radius 2 is 1.67 bits per heavy atom. The largest absolute Gasteiger partial charge is 0.351 e. The second-order valence-electron chi connectivity index (χ2n) is 6.44. The van der Waals surface area contributed by atoms with Gasteiger partial charge in [0.05, 0.1) is 0 Å². The number of nitrogens with zero attached hydrogens (tertiary/aromatic N) is 3. The van der Waals surface area contributed by atoms with E-state index in [1.165, 1.54) is 11.1 Å². The fourth-order valence-electron chi connectivity index (χ4n) is 2.75. The van der Waals surface area contributed by atoms with E-state index in [0.29, 0.717) is 12.2 Å². The molecule has 5 heteroatoms. The summed E-state index contributed by atoms with van der Waals surface area (Å²) in [6.45, 7) is 6.15. The van der Waals surface area contributed by atoms with Crippen molar-refractivity contribution < 1.29 is 4.79 Å². The second kappa shape index (κ2) is 8.94. The molecule has 0 fully saturated rings. The number of anilines is 1. The first-order valence-electron chi connectivity index (χ1n) is 9.12. The van der Waals surface area contributed by atoms with Gasteiger partial charge in [-0.1, -0.05) is 60.2 Å². The number of carbonyl (C=O) groups excluding carboxylic acids is 1. The van der Waals surface area contributed by atoms with Crippen LogP contribution in [0.4, 0.5) is 5.82 Å². The predicted molar refractivity (Wildman–Crippen MR) is 108 cm³/mol. The van der Waals surface area contributed by atoms with E-state index < -0.39 is 0 Å². The summed E-state index contributed by atoms with van der Waals surface area (Å²) in [5.74, 6) is 0.539. The van der Waals surface area contributed by atoms with Crippen LogP contribution in [0.15, 0.2) is 66.7 Å². The molecule has 0 radical (unpaired) electrons. The summed E-state index contributed by atoms with van der Waals surface area (Å²) >= 11 is 0. The third-order valence-corrected chi connectivity index (χ3v) is 4.38. The molecule has 5 nitrogen and oxygen atoms in total. The molecule has 1 aromatic heterocycles. The van der Waals surface area contributed by atoms with Crippen LogP contribution < -0.4 is 10.2 Å². The lowest BCUT2D eigenvalue weighted by molar-refractivity contribution is 0.0945. The van der Waals surface area contributed by atoms with Crippen molar-refractivity contribution in [2.45, 2.75) is 26.9 Å². The topological polar surface area (TPSA) is 58.1 Å². The monoisotopic (exact) mass is 360 g/mol. The predicted octanol–water partition coefficient (Wildman–Crippen LogP) is 3.74. The lowest BCUT2D eigenvalue weighted by Crippen LogP contribution is -2.26. The SMILES string of the molecule is CCN(Cc1ccccc1)c1ccc(C(=O)NCc2ccc(C)cc2)nn1. The highest BCUT2D eigenvalue weighted by molar-refractivity contribution is 5.92. The molecule has 138 valence electrons. The van der Waals surface area contributed by atoms with E-state index in [4.69, 9.17) is 0 Å². The zero-order chi connectivity index (χ0) is 19.1. The Morgan fingerprint density at radius 3 is 2.30 bits per heavy atom. The standard InChI is InChI=1S/C22H24N4O/c1-3-26(16-19-7-5-4-6-8-19)21-14-13-20(24-25-21)22(27)23-15-18-11-9-17(2)10-12-18/h4-14H,3,15-16H2,1-2H3,(H,23,27). The van der Waals surface area contributed by atoms with Gasteiger partial charge in [-0.3, -0.25) is 4.79 Å². The molecule has 2 aromatic carbocycles. The van der Waals surface area contributed by atoms with E-state index in [2.05, 4.69) is 39.5 Å². The van der Waals surface area contributed by atoms with E-state index >= 15 is 0 Å². The van der Waals surface area contributed by atoms with Crippen LogP contribution in [0.5, 0.6) is 0 Å². The molecule has 0 saturated heterocycles. The number of nitrogens with one attached hydrogen (secondary N) is 1. The quantitative estimate of drug-likeness (QED) is 0.697. The van der Waals surface area contributed by atoms with Crippen LogP contribution in [-0.4, -0.2) is 22.6 Å². The molecule has 1 heterocycles. The first-order valence-corrected chi connectivity index (χ1v) is 9.12. The molecule has 0 aliphatic rings. The molecular formula is C22H24N4O. The first-order chi connectivity index (χ1) is 13.2. The maximum Gasteiger partial charge on any atom is 0.272 e. The minimum Gasteiger partial charge on any atom is -0.351 e. The van der Waals surface area contributed by atoms with Gasteiger partial charge in [0.25, 0.3) is 5.91 Å². The number of benzene rings is 2. The van der Waals surface area contributed by atoms with Crippen molar-refractivity contribution in [1.82, 2.24) is 15.5 Å². The fraction of sp³-hybridized carbons (Fsp3) is 0.227. The van der Waals surface area contributed by atoms with E-state index in [1.54, 1.807) is 6.07 Å². The Bertz CT molecular complexity index is 861. The van der Waals surface area contributed by atoms with Crippen LogP contribution in [0, 0.1) is 6.92 Å². The van der Waals surface area contributed by atoms with Gasteiger partial charge in [-0.05, 0) is 37.1 Å². The Labute approximate surface area is 160 Å². The van der Waals surface area contributed by atoms with Crippen molar-refractivity contribution in [3.8, 4) is 0 Å². The number of amides is 1. The van der Waals surface area contributed by atoms with Crippen LogP contribution in [0.2, 0.25) is 0 Å². The van der Waals surface area contributed by atoms with Crippen LogP contribution >= 0.6 is 0 Å². The average molecular weight is 360 g/mol. The number of aromatic nitrogens is 2. The van der Waals surface area contributed by atoms with Crippen molar-refractivity contribution in [2.75, 3.05) is 11.4 Å². The Morgan fingerprint density at radius 1 is 0.926 bits per heavy atom. The lowest BCUT2D eigenvalue weighted by Gasteiger charge is -2.21. The highest BCUT2D eigenvalue weighted by atomic mass is 16.1. The van der Waals surface area contributed by atoms with Gasteiger partial charge in [0.1, 0.15) is 0 Å². The van der Waals surface area contributed by atoms with Crippen LogP contribution in [0.3, 0.4) is 0 Å². The minimum atomic E-state index is -0.222. The zero-order valence-electron chi connectivity index (χ0n) is 15.7. The summed E-state index contributed by atoms with van der Waals surface area (Å²) < 4.78 is 0. The summed E-state index contributed by atoms with van der Waals surface area (Å²) in [5.41, 5.74) is 3.78. The number of rotatable bonds is 7. The molecule has 3 rings (SSSR count). The van der Waals surface area contributed by atoms with Crippen LogP contribution in [0.25, 0.3) is 0 Å². The highest BCUT2D eigenvalue weighted by Gasteiger charge is 2.11. The molecular weight excluding hydrogens is 336 g/mol. The van der Waals surface area contributed by atoms with Gasteiger partial charge >= 0.3 is 0 Å². The minimum absolute atomic E-state index is 0.222. The molecule has 0 saturated carbocycles. The summed E-state index contributed by atoms with van der Waals surface area (Å²) in [4.78, 5) is 14.4. The van der Waals surface area contributed by atoms with Crippen molar-refractivity contribution in [3.63, 3.8) is 0 Å². The molecule has 0 aliphatic carbocycles. The second-order valence-corrected chi connectivity index (χ2v) is 6.44. The van der Waals surface area contributed by atoms with E-state index in [-0.39, 0.29) is 5.91 Å². The molecule has 0 spiro atoms. The fourth-order valence-corrected chi connectivity index (χ4v) is 2.75. The number of hydrogen-bond acceptors (Lipinski definition) is 4. The van der Waals surface area contributed by atoms with E-state index in [0.717, 1.165) is 24.5 Å². The first kappa shape index (κ1) is 18.6. The lowest BCUT2D eigenvalue weighted by atomic mass is 10.1. The van der Waals surface area contributed by atoms with Crippen LogP contribution in [0.1, 0.15) is 34.1 Å². The zero-order valence-corrected chi connectivity index (χ0v) is 15.7. The van der Waals surface area contributed by atoms with Crippen molar-refractivity contribution in [2.24, 2.45) is 0 Å². The maximum atomic E-state index is 12.3. The molecule has 1 N–H and O–H groups in total. The van der Waals surface area contributed by atoms with Crippen molar-refractivity contribution in [1.29, 1.82) is 0 Å². The van der Waals surface area contributed by atoms with Crippen molar-refractivity contribution >= 4 is 11.7 Å². The summed E-state index contributed by atoms with van der Waals surface area (Å²) in [6, 6.07) is 21.9. The summed E-state index contributed by atoms with van der Waals surface area (Å²) in [7, 11) is 0. The van der Waals surface area contributed by atoms with Crippen molar-refractivity contribution in [3.05, 3.63) is 89.1 Å². The third kappa shape index (κ3) is 5.14. The average Bonchev–Trinajstić information content (AvgIpc) is 2.72. The van der Waals surface area contributed by atoms with Gasteiger partial charge in [0.15, 0.2) is 11.5 Å². The molecule has 0 unspecified atom stereocenters. The highest BCUT2D eigenvalue weighted by Crippen LogP contribution is 2.14. The van der Waals surface area contributed by atoms with Gasteiger partial charge in [-0.15, -0.1) is 10.2 Å². The summed E-state index contributed by atoms with van der Waals surface area (Å²) in [6.07, 6.45) is 0. The Kier molecular flexibility index (Phi) is 6.15. The molecule has 0 aliphatic heterocycles. The normalized spacial score (nSPS) is 10.4. The van der Waals surface area contributed by atoms with Gasteiger partial charge in [-0.2, -0.15) is 0 Å². The van der Waals surface area contributed by atoms with Crippen LogP contribution in [-0.2, 0) is 13.1 Å². The van der Waals surface area contributed by atoms with E-state index in [9.17, 15) is 4.79 Å². The molecule has 3 aromatic rings.